The van der Waals surface area contributed by atoms with Gasteiger partial charge in [0.15, 0.2) is 11.0 Å². The van der Waals surface area contributed by atoms with Crippen molar-refractivity contribution in [3.8, 4) is 11.4 Å². The Morgan fingerprint density at radius 1 is 1.30 bits per heavy atom. The number of anilines is 1. The van der Waals surface area contributed by atoms with Crippen LogP contribution < -0.4 is 11.1 Å². The van der Waals surface area contributed by atoms with Crippen LogP contribution in [-0.2, 0) is 28.9 Å². The van der Waals surface area contributed by atoms with E-state index in [4.69, 9.17) is 10.5 Å². The Bertz CT molecular complexity index is 1350. The van der Waals surface area contributed by atoms with Crippen LogP contribution in [-0.4, -0.2) is 44.4 Å². The Balaban J connectivity index is 1.53. The molecule has 9 nitrogen and oxygen atoms in total. The summed E-state index contributed by atoms with van der Waals surface area (Å²) in [5.41, 5.74) is 8.46. The number of esters is 1. The summed E-state index contributed by atoms with van der Waals surface area (Å²) in [4.78, 5) is 39.0. The Morgan fingerprint density at radius 3 is 2.76 bits per heavy atom. The number of carbonyl (C=O) groups is 3. The molecule has 4 rings (SSSR count). The van der Waals surface area contributed by atoms with E-state index < -0.39 is 11.9 Å². The fraction of sp³-hybridized carbons (Fsp3) is 0.400. The second-order valence-corrected chi connectivity index (χ2v) is 11.8. The third-order valence-corrected chi connectivity index (χ3v) is 9.11. The molecule has 1 aliphatic carbocycles. The van der Waals surface area contributed by atoms with Crippen LogP contribution in [0.4, 0.5) is 5.00 Å². The monoisotopic (exact) mass is 559 g/mol. The average molecular weight is 560 g/mol. The molecule has 0 aromatic carbocycles. The Labute approximate surface area is 227 Å². The summed E-state index contributed by atoms with van der Waals surface area (Å²) in [6.07, 6.45) is 5.94. The maximum absolute atomic E-state index is 12.9. The molecule has 0 unspecified atom stereocenters. The molecular formula is C25H29N5O4S3. The number of aromatic nitrogens is 3. The van der Waals surface area contributed by atoms with Crippen molar-refractivity contribution in [2.75, 3.05) is 11.1 Å². The van der Waals surface area contributed by atoms with E-state index in [2.05, 4.69) is 27.5 Å². The SMILES string of the molecule is C=CCn1c(SCC(=O)Nc2sc(C(N)=O)c(C)c2C(=O)OC(C)C)nnc1-c1csc2c1CCCC2. The van der Waals surface area contributed by atoms with Gasteiger partial charge in [0, 0.05) is 22.4 Å². The van der Waals surface area contributed by atoms with Gasteiger partial charge in [-0.2, -0.15) is 0 Å². The normalized spacial score (nSPS) is 12.9. The number of allylic oxidation sites excluding steroid dienone is 1. The average Bonchev–Trinajstić information content (AvgIpc) is 3.52. The highest BCUT2D eigenvalue weighted by atomic mass is 32.2. The van der Waals surface area contributed by atoms with Crippen LogP contribution in [0.5, 0.6) is 0 Å². The molecular weight excluding hydrogens is 531 g/mol. The third kappa shape index (κ3) is 5.81. The maximum Gasteiger partial charge on any atom is 0.341 e. The van der Waals surface area contributed by atoms with Crippen LogP contribution >= 0.6 is 34.4 Å². The van der Waals surface area contributed by atoms with Crippen LogP contribution in [0.25, 0.3) is 11.4 Å². The van der Waals surface area contributed by atoms with Crippen molar-refractivity contribution in [1.29, 1.82) is 0 Å². The maximum atomic E-state index is 12.9. The van der Waals surface area contributed by atoms with Crippen LogP contribution in [0, 0.1) is 6.92 Å². The van der Waals surface area contributed by atoms with Crippen LogP contribution in [0.3, 0.4) is 0 Å². The minimum atomic E-state index is -0.670. The largest absolute Gasteiger partial charge is 0.459 e. The van der Waals surface area contributed by atoms with Gasteiger partial charge in [-0.3, -0.25) is 14.2 Å². The lowest BCUT2D eigenvalue weighted by Crippen LogP contribution is -2.18. The summed E-state index contributed by atoms with van der Waals surface area (Å²) in [5, 5.41) is 14.5. The van der Waals surface area contributed by atoms with E-state index >= 15 is 0 Å². The van der Waals surface area contributed by atoms with Crippen molar-refractivity contribution in [1.82, 2.24) is 14.8 Å². The molecule has 12 heteroatoms. The second-order valence-electron chi connectivity index (χ2n) is 8.88. The van der Waals surface area contributed by atoms with Gasteiger partial charge in [-0.05, 0) is 57.6 Å². The summed E-state index contributed by atoms with van der Waals surface area (Å²) >= 11 is 3.97. The van der Waals surface area contributed by atoms with Gasteiger partial charge in [-0.15, -0.1) is 39.4 Å². The smallest absolute Gasteiger partial charge is 0.341 e. The zero-order valence-corrected chi connectivity index (χ0v) is 23.4. The number of aryl methyl sites for hydroxylation is 1. The van der Waals surface area contributed by atoms with Crippen molar-refractivity contribution < 1.29 is 19.1 Å². The predicted octanol–water partition coefficient (Wildman–Crippen LogP) is 4.84. The standard InChI is InChI=1S/C25H29N5O4S3/c1-5-10-30-22(16-11-35-17-9-7-6-8-15(16)17)28-29-25(30)36-12-18(31)27-23-19(24(33)34-13(2)3)14(4)20(37-23)21(26)32/h5,11,13H,1,6-10,12H2,2-4H3,(H2,26,32)(H,27,31). The molecule has 0 bridgehead atoms. The lowest BCUT2D eigenvalue weighted by atomic mass is 9.95. The Morgan fingerprint density at radius 2 is 2.05 bits per heavy atom. The number of thioether (sulfide) groups is 1. The number of hydrogen-bond donors (Lipinski definition) is 2. The summed E-state index contributed by atoms with van der Waals surface area (Å²) in [6, 6.07) is 0. The molecule has 0 radical (unpaired) electrons. The summed E-state index contributed by atoms with van der Waals surface area (Å²) in [5.74, 6) is -0.840. The molecule has 0 fully saturated rings. The predicted molar refractivity (Wildman–Crippen MR) is 148 cm³/mol. The number of nitrogens with zero attached hydrogens (tertiary/aromatic N) is 3. The molecule has 0 spiro atoms. The fourth-order valence-electron chi connectivity index (χ4n) is 4.22. The highest BCUT2D eigenvalue weighted by Gasteiger charge is 2.27. The molecule has 1 aliphatic rings. The Hall–Kier alpha value is -2.96. The summed E-state index contributed by atoms with van der Waals surface area (Å²) in [6.45, 7) is 9.44. The first-order valence-corrected chi connectivity index (χ1v) is 14.6. The first-order valence-electron chi connectivity index (χ1n) is 11.9. The number of rotatable bonds is 10. The van der Waals surface area contributed by atoms with Crippen molar-refractivity contribution in [2.24, 2.45) is 5.73 Å². The first-order chi connectivity index (χ1) is 17.7. The van der Waals surface area contributed by atoms with Crippen LogP contribution in [0.15, 0.2) is 23.2 Å². The number of nitrogens with two attached hydrogens (primary N) is 1. The zero-order chi connectivity index (χ0) is 26.7. The number of nitrogens with one attached hydrogen (secondary N) is 1. The van der Waals surface area contributed by atoms with Crippen LogP contribution in [0.1, 0.15) is 62.7 Å². The molecule has 3 N–H and O–H groups in total. The molecule has 3 aromatic rings. The summed E-state index contributed by atoms with van der Waals surface area (Å²) < 4.78 is 7.28. The quantitative estimate of drug-likeness (QED) is 0.207. The molecule has 2 amide bonds. The number of amides is 2. The van der Waals surface area contributed by atoms with E-state index in [1.165, 1.54) is 35.0 Å². The van der Waals surface area contributed by atoms with E-state index in [0.717, 1.165) is 35.6 Å². The van der Waals surface area contributed by atoms with Gasteiger partial charge in [-0.25, -0.2) is 4.79 Å². The van der Waals surface area contributed by atoms with Crippen molar-refractivity contribution in [2.45, 2.75) is 64.3 Å². The topological polar surface area (TPSA) is 129 Å². The fourth-order valence-corrected chi connectivity index (χ4v) is 7.15. The number of hydrogen-bond acceptors (Lipinski definition) is 9. The minimum Gasteiger partial charge on any atom is -0.459 e. The van der Waals surface area contributed by atoms with Gasteiger partial charge in [0.2, 0.25) is 5.91 Å². The van der Waals surface area contributed by atoms with Crippen molar-refractivity contribution in [3.05, 3.63) is 44.5 Å². The second kappa shape index (κ2) is 11.6. The molecule has 0 atom stereocenters. The minimum absolute atomic E-state index is 0.0263. The molecule has 37 heavy (non-hydrogen) atoms. The van der Waals surface area contributed by atoms with E-state index in [1.807, 2.05) is 4.57 Å². The van der Waals surface area contributed by atoms with Gasteiger partial charge >= 0.3 is 5.97 Å². The number of primary amides is 1. The van der Waals surface area contributed by atoms with E-state index in [9.17, 15) is 14.4 Å². The summed E-state index contributed by atoms with van der Waals surface area (Å²) in [7, 11) is 0. The molecule has 196 valence electrons. The molecule has 3 aromatic heterocycles. The highest BCUT2D eigenvalue weighted by Crippen LogP contribution is 2.37. The van der Waals surface area contributed by atoms with Gasteiger partial charge in [0.1, 0.15) is 5.00 Å². The van der Waals surface area contributed by atoms with Gasteiger partial charge in [0.25, 0.3) is 5.91 Å². The zero-order valence-electron chi connectivity index (χ0n) is 21.0. The Kier molecular flexibility index (Phi) is 8.50. The lowest BCUT2D eigenvalue weighted by molar-refractivity contribution is -0.113. The first kappa shape index (κ1) is 27.1. The molecule has 3 heterocycles. The van der Waals surface area contributed by atoms with E-state index in [0.29, 0.717) is 17.3 Å². The van der Waals surface area contributed by atoms with Crippen LogP contribution in [0.2, 0.25) is 0 Å². The number of ether oxygens (including phenoxy) is 1. The van der Waals surface area contributed by atoms with Gasteiger partial charge in [0.05, 0.1) is 22.3 Å². The van der Waals surface area contributed by atoms with Crippen molar-refractivity contribution in [3.63, 3.8) is 0 Å². The lowest BCUT2D eigenvalue weighted by Gasteiger charge is -2.13. The van der Waals surface area contributed by atoms with Crippen molar-refractivity contribution >= 4 is 57.2 Å². The van der Waals surface area contributed by atoms with E-state index in [1.54, 1.807) is 38.2 Å². The number of thiophene rings is 2. The number of carbonyl (C=O) groups excluding carboxylic acids is 3. The molecule has 0 aliphatic heterocycles. The number of fused-ring (bicyclic) bond motifs is 1. The van der Waals surface area contributed by atoms with Gasteiger partial charge < -0.3 is 15.8 Å². The van der Waals surface area contributed by atoms with E-state index in [-0.39, 0.29) is 33.2 Å². The molecule has 0 saturated heterocycles. The highest BCUT2D eigenvalue weighted by molar-refractivity contribution is 7.99. The van der Waals surface area contributed by atoms with Gasteiger partial charge in [-0.1, -0.05) is 17.8 Å². The molecule has 0 saturated carbocycles. The third-order valence-electron chi connectivity index (χ3n) is 5.83.